The molecule has 0 heterocycles. The summed E-state index contributed by atoms with van der Waals surface area (Å²) in [6, 6.07) is 4.90. The Morgan fingerprint density at radius 2 is 2.06 bits per heavy atom. The van der Waals surface area contributed by atoms with E-state index >= 15 is 0 Å². The van der Waals surface area contributed by atoms with E-state index in [-0.39, 0.29) is 28.4 Å². The van der Waals surface area contributed by atoms with Crippen LogP contribution in [0.25, 0.3) is 0 Å². The first-order valence-corrected chi connectivity index (χ1v) is 5.89. The molecule has 0 bridgehead atoms. The highest BCUT2D eigenvalue weighted by atomic mass is 32.2. The minimum atomic E-state index is -4.27. The largest absolute Gasteiger partial charge is 0.446 e. The maximum Gasteiger partial charge on any atom is 0.446 e. The van der Waals surface area contributed by atoms with Gasteiger partial charge in [-0.1, -0.05) is 12.1 Å². The first-order chi connectivity index (χ1) is 7.87. The van der Waals surface area contributed by atoms with Crippen LogP contribution in [0.3, 0.4) is 0 Å². The topological polar surface area (TPSA) is 49.9 Å². The van der Waals surface area contributed by atoms with Crippen LogP contribution in [-0.4, -0.2) is 11.3 Å². The van der Waals surface area contributed by atoms with Gasteiger partial charge in [-0.3, -0.25) is 5.41 Å². The van der Waals surface area contributed by atoms with E-state index in [1.54, 1.807) is 12.1 Å². The van der Waals surface area contributed by atoms with Crippen LogP contribution in [0, 0.1) is 11.3 Å². The van der Waals surface area contributed by atoms with Crippen molar-refractivity contribution < 1.29 is 13.2 Å². The van der Waals surface area contributed by atoms with Gasteiger partial charge >= 0.3 is 5.51 Å². The summed E-state index contributed by atoms with van der Waals surface area (Å²) in [6.45, 7) is 0. The van der Waals surface area contributed by atoms with Crippen molar-refractivity contribution in [3.63, 3.8) is 0 Å². The van der Waals surface area contributed by atoms with Crippen LogP contribution >= 0.6 is 11.8 Å². The lowest BCUT2D eigenvalue weighted by molar-refractivity contribution is -0.0328. The third kappa shape index (κ3) is 2.74. The van der Waals surface area contributed by atoms with Gasteiger partial charge in [0.2, 0.25) is 0 Å². The minimum Gasteiger partial charge on any atom is -0.387 e. The molecule has 1 aliphatic rings. The highest BCUT2D eigenvalue weighted by Gasteiger charge is 2.33. The average molecular weight is 260 g/mol. The van der Waals surface area contributed by atoms with Crippen LogP contribution in [0.2, 0.25) is 0 Å². The SMILES string of the molecule is N=C(N)C1Cc2cccc(SC(F)(F)F)c2C1. The highest BCUT2D eigenvalue weighted by Crippen LogP contribution is 2.42. The summed E-state index contributed by atoms with van der Waals surface area (Å²) in [5.41, 5.74) is 2.70. The third-order valence-corrected chi connectivity index (χ3v) is 3.65. The Hall–Kier alpha value is -1.17. The summed E-state index contributed by atoms with van der Waals surface area (Å²) in [5.74, 6) is -0.107. The minimum absolute atomic E-state index is 0.0455. The smallest absolute Gasteiger partial charge is 0.387 e. The van der Waals surface area contributed by atoms with Gasteiger partial charge in [-0.15, -0.1) is 0 Å². The van der Waals surface area contributed by atoms with E-state index in [1.807, 2.05) is 0 Å². The van der Waals surface area contributed by atoms with Gasteiger partial charge in [-0.25, -0.2) is 0 Å². The summed E-state index contributed by atoms with van der Waals surface area (Å²) in [7, 11) is 0. The zero-order chi connectivity index (χ0) is 12.6. The maximum atomic E-state index is 12.4. The van der Waals surface area contributed by atoms with E-state index in [0.717, 1.165) is 5.56 Å². The van der Waals surface area contributed by atoms with E-state index in [0.29, 0.717) is 18.4 Å². The number of amidine groups is 1. The highest BCUT2D eigenvalue weighted by molar-refractivity contribution is 8.00. The van der Waals surface area contributed by atoms with Crippen molar-refractivity contribution in [3.05, 3.63) is 29.3 Å². The Bertz CT molecular complexity index is 457. The van der Waals surface area contributed by atoms with Gasteiger partial charge in [0.1, 0.15) is 0 Å². The van der Waals surface area contributed by atoms with Gasteiger partial charge in [-0.05, 0) is 41.8 Å². The van der Waals surface area contributed by atoms with E-state index in [2.05, 4.69) is 0 Å². The Morgan fingerprint density at radius 1 is 1.35 bits per heavy atom. The normalized spacial score (nSPS) is 19.1. The molecule has 1 aromatic carbocycles. The Morgan fingerprint density at radius 3 is 2.65 bits per heavy atom. The number of nitrogens with one attached hydrogen (secondary N) is 1. The van der Waals surface area contributed by atoms with Crippen LogP contribution in [0.4, 0.5) is 13.2 Å². The van der Waals surface area contributed by atoms with Crippen LogP contribution in [0.15, 0.2) is 23.1 Å². The molecule has 0 spiro atoms. The van der Waals surface area contributed by atoms with E-state index in [1.165, 1.54) is 6.07 Å². The average Bonchev–Trinajstić information content (AvgIpc) is 2.60. The summed E-state index contributed by atoms with van der Waals surface area (Å²) in [6.07, 6.45) is 1.00. The summed E-state index contributed by atoms with van der Waals surface area (Å²) >= 11 is -0.0914. The number of nitrogens with two attached hydrogens (primary N) is 1. The lowest BCUT2D eigenvalue weighted by Crippen LogP contribution is -2.22. The number of hydrogen-bond donors (Lipinski definition) is 2. The Kier molecular flexibility index (Phi) is 3.07. The zero-order valence-electron chi connectivity index (χ0n) is 8.84. The second-order valence-corrected chi connectivity index (χ2v) is 5.11. The fraction of sp³-hybridized carbons (Fsp3) is 0.364. The molecule has 0 saturated carbocycles. The molecule has 0 aromatic heterocycles. The lowest BCUT2D eigenvalue weighted by atomic mass is 10.1. The quantitative estimate of drug-likeness (QED) is 0.488. The van der Waals surface area contributed by atoms with Gasteiger partial charge in [0.05, 0.1) is 5.84 Å². The first kappa shape index (κ1) is 12.3. The van der Waals surface area contributed by atoms with Gasteiger partial charge in [-0.2, -0.15) is 13.2 Å². The molecule has 0 saturated heterocycles. The molecule has 1 aliphatic carbocycles. The number of halogens is 3. The predicted octanol–water partition coefficient (Wildman–Crippen LogP) is 2.95. The lowest BCUT2D eigenvalue weighted by Gasteiger charge is -2.10. The van der Waals surface area contributed by atoms with Crippen molar-refractivity contribution in [2.24, 2.45) is 11.7 Å². The van der Waals surface area contributed by atoms with E-state index in [9.17, 15) is 13.2 Å². The van der Waals surface area contributed by atoms with Crippen LogP contribution in [0.5, 0.6) is 0 Å². The van der Waals surface area contributed by atoms with Crippen molar-refractivity contribution in [1.82, 2.24) is 0 Å². The maximum absolute atomic E-state index is 12.4. The van der Waals surface area contributed by atoms with Gasteiger partial charge < -0.3 is 5.73 Å². The molecule has 0 amide bonds. The number of rotatable bonds is 2. The molecule has 0 radical (unpaired) electrons. The van der Waals surface area contributed by atoms with Gasteiger partial charge in [0, 0.05) is 10.8 Å². The summed E-state index contributed by atoms with van der Waals surface area (Å²) < 4.78 is 37.1. The monoisotopic (exact) mass is 260 g/mol. The molecule has 1 aromatic rings. The molecule has 17 heavy (non-hydrogen) atoms. The second-order valence-electron chi connectivity index (χ2n) is 4.00. The van der Waals surface area contributed by atoms with Gasteiger partial charge in [0.15, 0.2) is 0 Å². The second kappa shape index (κ2) is 4.25. The van der Waals surface area contributed by atoms with E-state index in [4.69, 9.17) is 11.1 Å². The molecule has 92 valence electrons. The van der Waals surface area contributed by atoms with Crippen molar-refractivity contribution in [1.29, 1.82) is 5.41 Å². The fourth-order valence-electron chi connectivity index (χ4n) is 2.06. The molecule has 6 heteroatoms. The molecular formula is C11H11F3N2S. The van der Waals surface area contributed by atoms with Crippen molar-refractivity contribution >= 4 is 17.6 Å². The predicted molar refractivity (Wildman–Crippen MR) is 61.2 cm³/mol. The molecule has 1 unspecified atom stereocenters. The Balaban J connectivity index is 2.29. The van der Waals surface area contributed by atoms with Gasteiger partial charge in [0.25, 0.3) is 0 Å². The van der Waals surface area contributed by atoms with Crippen LogP contribution < -0.4 is 5.73 Å². The van der Waals surface area contributed by atoms with Crippen LogP contribution in [0.1, 0.15) is 11.1 Å². The molecule has 2 nitrogen and oxygen atoms in total. The molecule has 0 aliphatic heterocycles. The molecule has 3 N–H and O–H groups in total. The third-order valence-electron chi connectivity index (χ3n) is 2.81. The summed E-state index contributed by atoms with van der Waals surface area (Å²) in [5, 5.41) is 7.37. The molecule has 0 fully saturated rings. The number of thioether (sulfide) groups is 1. The van der Waals surface area contributed by atoms with Crippen LogP contribution in [-0.2, 0) is 12.8 Å². The van der Waals surface area contributed by atoms with Crippen molar-refractivity contribution in [2.45, 2.75) is 23.2 Å². The van der Waals surface area contributed by atoms with Crippen molar-refractivity contribution in [3.8, 4) is 0 Å². The molecule has 2 rings (SSSR count). The number of fused-ring (bicyclic) bond motifs is 1. The number of benzene rings is 1. The number of hydrogen-bond acceptors (Lipinski definition) is 2. The van der Waals surface area contributed by atoms with E-state index < -0.39 is 5.51 Å². The number of alkyl halides is 3. The molecular weight excluding hydrogens is 249 g/mol. The zero-order valence-corrected chi connectivity index (χ0v) is 9.66. The standard InChI is InChI=1S/C11H11F3N2S/c12-11(13,14)17-9-3-1-2-6-4-7(10(15)16)5-8(6)9/h1-3,7H,4-5H2,(H3,15,16). The van der Waals surface area contributed by atoms with Crippen molar-refractivity contribution in [2.75, 3.05) is 0 Å². The first-order valence-electron chi connectivity index (χ1n) is 5.07. The summed E-state index contributed by atoms with van der Waals surface area (Å²) in [4.78, 5) is 0.235. The Labute approximate surface area is 101 Å². The molecule has 1 atom stereocenters. The fourth-order valence-corrected chi connectivity index (χ4v) is 2.79.